The number of anilines is 1. The van der Waals surface area contributed by atoms with E-state index in [2.05, 4.69) is 5.32 Å². The maximum Gasteiger partial charge on any atom is 0.303 e. The number of carbonyl (C=O) groups excluding carboxylic acids is 1. The van der Waals surface area contributed by atoms with Crippen LogP contribution in [-0.2, 0) is 4.79 Å². The molecular formula is C14H20N2O3. The molecule has 0 heterocycles. The minimum atomic E-state index is -0.820. The number of Topliss-reactive ketones (excluding diaryl/α,β-unsaturated/α-hetero) is 1. The summed E-state index contributed by atoms with van der Waals surface area (Å²) in [5, 5.41) is 11.6. The van der Waals surface area contributed by atoms with Crippen LogP contribution in [0.3, 0.4) is 0 Å². The number of nitrogens with two attached hydrogens (primary N) is 1. The van der Waals surface area contributed by atoms with Gasteiger partial charge in [0.05, 0.1) is 6.04 Å². The highest BCUT2D eigenvalue weighted by atomic mass is 16.4. The molecule has 0 amide bonds. The first-order valence-electron chi connectivity index (χ1n) is 6.39. The number of nitrogen functional groups attached to an aromatic ring is 1. The van der Waals surface area contributed by atoms with Gasteiger partial charge >= 0.3 is 5.97 Å². The van der Waals surface area contributed by atoms with Crippen LogP contribution < -0.4 is 11.1 Å². The van der Waals surface area contributed by atoms with Crippen molar-refractivity contribution in [2.75, 3.05) is 12.3 Å². The quantitative estimate of drug-likeness (QED) is 0.377. The molecule has 1 unspecified atom stereocenters. The zero-order valence-electron chi connectivity index (χ0n) is 11.1. The molecule has 19 heavy (non-hydrogen) atoms. The average Bonchev–Trinajstić information content (AvgIpc) is 2.39. The number of carbonyl (C=O) groups is 2. The zero-order valence-corrected chi connectivity index (χ0v) is 11.1. The van der Waals surface area contributed by atoms with E-state index in [1.54, 1.807) is 24.3 Å². The van der Waals surface area contributed by atoms with Crippen LogP contribution in [0.2, 0.25) is 0 Å². The molecule has 1 aromatic rings. The van der Waals surface area contributed by atoms with E-state index in [0.717, 1.165) is 0 Å². The van der Waals surface area contributed by atoms with Crippen LogP contribution in [0.5, 0.6) is 0 Å². The normalized spacial score (nSPS) is 12.1. The molecule has 5 heteroatoms. The maximum atomic E-state index is 12.2. The molecule has 5 nitrogen and oxygen atoms in total. The van der Waals surface area contributed by atoms with Gasteiger partial charge in [-0.05, 0) is 43.7 Å². The molecule has 0 aliphatic heterocycles. The Bertz CT molecular complexity index is 429. The predicted molar refractivity (Wildman–Crippen MR) is 74.1 cm³/mol. The van der Waals surface area contributed by atoms with Crippen LogP contribution in [0, 0.1) is 0 Å². The second-order valence-corrected chi connectivity index (χ2v) is 4.40. The third kappa shape index (κ3) is 5.09. The van der Waals surface area contributed by atoms with Gasteiger partial charge in [0.15, 0.2) is 5.78 Å². The van der Waals surface area contributed by atoms with Crippen LogP contribution in [0.4, 0.5) is 5.69 Å². The number of rotatable bonds is 8. The van der Waals surface area contributed by atoms with Gasteiger partial charge in [-0.3, -0.25) is 9.59 Å². The summed E-state index contributed by atoms with van der Waals surface area (Å²) < 4.78 is 0. The van der Waals surface area contributed by atoms with Gasteiger partial charge in [-0.2, -0.15) is 0 Å². The van der Waals surface area contributed by atoms with Crippen LogP contribution >= 0.6 is 0 Å². The lowest BCUT2D eigenvalue weighted by molar-refractivity contribution is -0.137. The lowest BCUT2D eigenvalue weighted by Crippen LogP contribution is -2.37. The van der Waals surface area contributed by atoms with Gasteiger partial charge in [-0.25, -0.2) is 0 Å². The van der Waals surface area contributed by atoms with Gasteiger partial charge in [0.25, 0.3) is 0 Å². The summed E-state index contributed by atoms with van der Waals surface area (Å²) in [5.74, 6) is -0.808. The Morgan fingerprint density at radius 2 is 1.95 bits per heavy atom. The monoisotopic (exact) mass is 264 g/mol. The largest absolute Gasteiger partial charge is 0.481 e. The van der Waals surface area contributed by atoms with Gasteiger partial charge in [0, 0.05) is 17.7 Å². The van der Waals surface area contributed by atoms with Gasteiger partial charge in [0.1, 0.15) is 0 Å². The van der Waals surface area contributed by atoms with Crippen LogP contribution in [0.25, 0.3) is 0 Å². The summed E-state index contributed by atoms with van der Waals surface area (Å²) in [5.41, 5.74) is 6.82. The molecule has 0 bridgehead atoms. The Kier molecular flexibility index (Phi) is 6.02. The summed E-state index contributed by atoms with van der Waals surface area (Å²) in [7, 11) is 0. The van der Waals surface area contributed by atoms with E-state index >= 15 is 0 Å². The van der Waals surface area contributed by atoms with Crippen molar-refractivity contribution in [1.82, 2.24) is 5.32 Å². The minimum absolute atomic E-state index is 0.0119. The predicted octanol–water partition coefficient (Wildman–Crippen LogP) is 1.68. The number of carboxylic acid groups (broad SMARTS) is 1. The molecule has 0 spiro atoms. The van der Waals surface area contributed by atoms with Crippen LogP contribution in [0.15, 0.2) is 24.3 Å². The molecule has 0 radical (unpaired) electrons. The van der Waals surface area contributed by atoms with Crippen molar-refractivity contribution in [1.29, 1.82) is 0 Å². The number of nitrogens with one attached hydrogen (secondary N) is 1. The lowest BCUT2D eigenvalue weighted by Gasteiger charge is -2.15. The van der Waals surface area contributed by atoms with E-state index in [1.165, 1.54) is 0 Å². The molecule has 0 aliphatic rings. The van der Waals surface area contributed by atoms with E-state index in [9.17, 15) is 9.59 Å². The topological polar surface area (TPSA) is 92.4 Å². The summed E-state index contributed by atoms with van der Waals surface area (Å²) in [6.07, 6.45) is 1.29. The first-order chi connectivity index (χ1) is 9.04. The van der Waals surface area contributed by atoms with E-state index < -0.39 is 5.97 Å². The first-order valence-corrected chi connectivity index (χ1v) is 6.39. The van der Waals surface area contributed by atoms with E-state index in [4.69, 9.17) is 10.8 Å². The molecule has 0 aromatic heterocycles. The number of carboxylic acids is 1. The van der Waals surface area contributed by atoms with E-state index in [-0.39, 0.29) is 18.2 Å². The van der Waals surface area contributed by atoms with Gasteiger partial charge in [-0.15, -0.1) is 0 Å². The fourth-order valence-corrected chi connectivity index (χ4v) is 1.79. The summed E-state index contributed by atoms with van der Waals surface area (Å²) in [6.45, 7) is 2.44. The average molecular weight is 264 g/mol. The summed E-state index contributed by atoms with van der Waals surface area (Å²) in [4.78, 5) is 22.6. The highest BCUT2D eigenvalue weighted by Crippen LogP contribution is 2.09. The molecule has 0 saturated heterocycles. The number of aliphatic carboxylic acids is 1. The SMILES string of the molecule is CCC(NCCCC(=O)O)C(=O)c1ccc(N)cc1. The molecule has 104 valence electrons. The van der Waals surface area contributed by atoms with Crippen molar-refractivity contribution in [2.45, 2.75) is 32.2 Å². The molecule has 0 saturated carbocycles. The van der Waals surface area contributed by atoms with Gasteiger partial charge in [-0.1, -0.05) is 6.92 Å². The smallest absolute Gasteiger partial charge is 0.303 e. The number of benzene rings is 1. The molecule has 1 aromatic carbocycles. The highest BCUT2D eigenvalue weighted by Gasteiger charge is 2.17. The number of hydrogen-bond donors (Lipinski definition) is 3. The Balaban J connectivity index is 2.52. The molecule has 4 N–H and O–H groups in total. The Labute approximate surface area is 112 Å². The first kappa shape index (κ1) is 15.2. The Morgan fingerprint density at radius 3 is 2.47 bits per heavy atom. The zero-order chi connectivity index (χ0) is 14.3. The van der Waals surface area contributed by atoms with Crippen molar-refractivity contribution in [3.8, 4) is 0 Å². The minimum Gasteiger partial charge on any atom is -0.481 e. The number of hydrogen-bond acceptors (Lipinski definition) is 4. The Morgan fingerprint density at radius 1 is 1.32 bits per heavy atom. The molecule has 1 rings (SSSR count). The van der Waals surface area contributed by atoms with Crippen molar-refractivity contribution in [3.05, 3.63) is 29.8 Å². The van der Waals surface area contributed by atoms with Gasteiger partial charge in [0.2, 0.25) is 0 Å². The lowest BCUT2D eigenvalue weighted by atomic mass is 10.0. The molecule has 0 fully saturated rings. The third-order valence-electron chi connectivity index (χ3n) is 2.88. The van der Waals surface area contributed by atoms with Crippen molar-refractivity contribution >= 4 is 17.4 Å². The second-order valence-electron chi connectivity index (χ2n) is 4.40. The highest BCUT2D eigenvalue weighted by molar-refractivity contribution is 6.00. The van der Waals surface area contributed by atoms with Crippen molar-refractivity contribution in [3.63, 3.8) is 0 Å². The van der Waals surface area contributed by atoms with Gasteiger partial charge < -0.3 is 16.2 Å². The van der Waals surface area contributed by atoms with E-state index in [0.29, 0.717) is 30.6 Å². The second kappa shape index (κ2) is 7.53. The van der Waals surface area contributed by atoms with Crippen molar-refractivity contribution in [2.24, 2.45) is 0 Å². The molecule has 0 aliphatic carbocycles. The Hall–Kier alpha value is -1.88. The van der Waals surface area contributed by atoms with Crippen LogP contribution in [-0.4, -0.2) is 29.4 Å². The maximum absolute atomic E-state index is 12.2. The standard InChI is InChI=1S/C14H20N2O3/c1-2-12(16-9-3-4-13(17)18)14(19)10-5-7-11(15)8-6-10/h5-8,12,16H,2-4,9,15H2,1H3,(H,17,18). The third-order valence-corrected chi connectivity index (χ3v) is 2.88. The fourth-order valence-electron chi connectivity index (χ4n) is 1.79. The molecular weight excluding hydrogens is 244 g/mol. The van der Waals surface area contributed by atoms with Crippen molar-refractivity contribution < 1.29 is 14.7 Å². The summed E-state index contributed by atoms with van der Waals surface area (Å²) >= 11 is 0. The van der Waals surface area contributed by atoms with E-state index in [1.807, 2.05) is 6.92 Å². The number of ketones is 1. The van der Waals surface area contributed by atoms with Crippen LogP contribution in [0.1, 0.15) is 36.5 Å². The molecule has 1 atom stereocenters. The summed E-state index contributed by atoms with van der Waals surface area (Å²) in [6, 6.07) is 6.53. The fraction of sp³-hybridized carbons (Fsp3) is 0.429.